The third kappa shape index (κ3) is 3.14. The van der Waals surface area contributed by atoms with E-state index in [4.69, 9.17) is 4.74 Å². The summed E-state index contributed by atoms with van der Waals surface area (Å²) in [5, 5.41) is 0. The van der Waals surface area contributed by atoms with Gasteiger partial charge in [-0.3, -0.25) is 0 Å². The van der Waals surface area contributed by atoms with Crippen molar-refractivity contribution in [1.29, 1.82) is 0 Å². The maximum absolute atomic E-state index is 14.0. The monoisotopic (exact) mass is 292 g/mol. The molecule has 0 N–H and O–H groups in total. The highest BCUT2D eigenvalue weighted by Gasteiger charge is 2.40. The predicted molar refractivity (Wildman–Crippen MR) is 69.6 cm³/mol. The maximum atomic E-state index is 14.0. The van der Waals surface area contributed by atoms with Crippen molar-refractivity contribution < 1.29 is 23.7 Å². The molecule has 0 unspecified atom stereocenters. The van der Waals surface area contributed by atoms with Gasteiger partial charge in [-0.05, 0) is 50.2 Å². The molecule has 1 aromatic rings. The maximum Gasteiger partial charge on any atom is 0.386 e. The van der Waals surface area contributed by atoms with E-state index >= 15 is 0 Å². The molecule has 1 saturated carbocycles. The topological polar surface area (TPSA) is 9.23 Å². The van der Waals surface area contributed by atoms with Crippen molar-refractivity contribution in [2.45, 2.75) is 51.7 Å². The first-order valence-corrected chi connectivity index (χ1v) is 6.82. The van der Waals surface area contributed by atoms with Crippen LogP contribution in [0.3, 0.4) is 0 Å². The SMILES string of the molecule is Cc1ccc(C(F)(F)OC2CCC(C)CC2)c(F)c1F.[HH]. The molecule has 5 heteroatoms. The smallest absolute Gasteiger partial charge is 0.313 e. The fourth-order valence-electron chi connectivity index (χ4n) is 2.49. The number of aryl methyl sites for hydroxylation is 1. The number of benzene rings is 1. The summed E-state index contributed by atoms with van der Waals surface area (Å²) in [4.78, 5) is 0. The molecule has 0 aliphatic heterocycles. The van der Waals surface area contributed by atoms with E-state index in [0.717, 1.165) is 25.0 Å². The summed E-state index contributed by atoms with van der Waals surface area (Å²) in [6.07, 6.45) is -1.75. The van der Waals surface area contributed by atoms with Crippen molar-refractivity contribution in [2.24, 2.45) is 5.92 Å². The van der Waals surface area contributed by atoms with E-state index in [1.807, 2.05) is 0 Å². The van der Waals surface area contributed by atoms with Crippen LogP contribution in [0.1, 0.15) is 45.2 Å². The molecule has 2 rings (SSSR count). The van der Waals surface area contributed by atoms with Crippen LogP contribution in [0.5, 0.6) is 0 Å². The van der Waals surface area contributed by atoms with Gasteiger partial charge in [-0.25, -0.2) is 8.78 Å². The first kappa shape index (κ1) is 15.3. The highest BCUT2D eigenvalue weighted by molar-refractivity contribution is 5.27. The van der Waals surface area contributed by atoms with Gasteiger partial charge in [-0.2, -0.15) is 8.78 Å². The Balaban J connectivity index is 0.00000220. The fraction of sp³-hybridized carbons (Fsp3) is 0.600. The number of ether oxygens (including phenoxy) is 1. The Morgan fingerprint density at radius 3 is 2.30 bits per heavy atom. The van der Waals surface area contributed by atoms with Crippen LogP contribution in [0.4, 0.5) is 17.6 Å². The molecule has 0 heterocycles. The molecule has 0 aromatic heterocycles. The van der Waals surface area contributed by atoms with Crippen LogP contribution in [0.15, 0.2) is 12.1 Å². The first-order chi connectivity index (χ1) is 9.31. The van der Waals surface area contributed by atoms with Gasteiger partial charge in [0.1, 0.15) is 0 Å². The van der Waals surface area contributed by atoms with Crippen LogP contribution in [0.25, 0.3) is 0 Å². The van der Waals surface area contributed by atoms with Crippen molar-refractivity contribution in [1.82, 2.24) is 0 Å². The number of hydrogen-bond acceptors (Lipinski definition) is 1. The second-order valence-electron chi connectivity index (χ2n) is 5.57. The second-order valence-corrected chi connectivity index (χ2v) is 5.57. The molecule has 0 bridgehead atoms. The van der Waals surface area contributed by atoms with Crippen LogP contribution in [0.2, 0.25) is 0 Å². The lowest BCUT2D eigenvalue weighted by molar-refractivity contribution is -0.279. The fourth-order valence-corrected chi connectivity index (χ4v) is 2.49. The van der Waals surface area contributed by atoms with E-state index in [2.05, 4.69) is 6.92 Å². The van der Waals surface area contributed by atoms with Gasteiger partial charge >= 0.3 is 6.11 Å². The molecular weight excluding hydrogens is 272 g/mol. The summed E-state index contributed by atoms with van der Waals surface area (Å²) < 4.78 is 59.7. The molecule has 20 heavy (non-hydrogen) atoms. The van der Waals surface area contributed by atoms with Crippen molar-refractivity contribution in [3.8, 4) is 0 Å². The molecule has 1 nitrogen and oxygen atoms in total. The van der Waals surface area contributed by atoms with E-state index in [-0.39, 0.29) is 6.99 Å². The Hall–Kier alpha value is -1.10. The number of rotatable bonds is 3. The molecule has 1 aliphatic rings. The third-order valence-electron chi connectivity index (χ3n) is 3.87. The van der Waals surface area contributed by atoms with Gasteiger partial charge in [0.25, 0.3) is 0 Å². The van der Waals surface area contributed by atoms with Crippen LogP contribution in [-0.4, -0.2) is 6.10 Å². The first-order valence-electron chi connectivity index (χ1n) is 6.82. The Morgan fingerprint density at radius 1 is 1.10 bits per heavy atom. The number of halogens is 4. The van der Waals surface area contributed by atoms with Gasteiger partial charge in [0.2, 0.25) is 0 Å². The lowest BCUT2D eigenvalue weighted by Gasteiger charge is -2.30. The largest absolute Gasteiger partial charge is 0.386 e. The number of alkyl halides is 2. The normalized spacial score (nSPS) is 23.9. The van der Waals surface area contributed by atoms with E-state index in [0.29, 0.717) is 18.8 Å². The molecule has 1 aromatic carbocycles. The predicted octanol–water partition coefficient (Wildman–Crippen LogP) is 5.16. The van der Waals surface area contributed by atoms with E-state index in [9.17, 15) is 17.6 Å². The summed E-state index contributed by atoms with van der Waals surface area (Å²) >= 11 is 0. The van der Waals surface area contributed by atoms with Crippen LogP contribution < -0.4 is 0 Å². The minimum atomic E-state index is -3.80. The van der Waals surface area contributed by atoms with Gasteiger partial charge in [0.05, 0.1) is 11.7 Å². The average Bonchev–Trinajstić information content (AvgIpc) is 2.38. The summed E-state index contributed by atoms with van der Waals surface area (Å²) in [5.74, 6) is -2.28. The van der Waals surface area contributed by atoms with Crippen LogP contribution in [-0.2, 0) is 10.8 Å². The van der Waals surface area contributed by atoms with Crippen LogP contribution >= 0.6 is 0 Å². The zero-order valence-electron chi connectivity index (χ0n) is 11.6. The molecule has 1 aliphatic carbocycles. The van der Waals surface area contributed by atoms with E-state index in [1.165, 1.54) is 6.92 Å². The minimum Gasteiger partial charge on any atom is -0.313 e. The lowest BCUT2D eigenvalue weighted by Crippen LogP contribution is -2.30. The Kier molecular flexibility index (Phi) is 4.37. The lowest BCUT2D eigenvalue weighted by atomic mass is 9.89. The summed E-state index contributed by atoms with van der Waals surface area (Å²) in [6, 6.07) is 2.02. The van der Waals surface area contributed by atoms with Gasteiger partial charge in [0, 0.05) is 1.43 Å². The second kappa shape index (κ2) is 5.72. The molecular formula is C15H20F4O. The highest BCUT2D eigenvalue weighted by Crippen LogP contribution is 2.37. The van der Waals surface area contributed by atoms with Crippen LogP contribution in [0, 0.1) is 24.5 Å². The highest BCUT2D eigenvalue weighted by atomic mass is 19.3. The van der Waals surface area contributed by atoms with E-state index < -0.39 is 29.4 Å². The Bertz CT molecular complexity index is 485. The molecule has 0 atom stereocenters. The summed E-state index contributed by atoms with van der Waals surface area (Å²) in [7, 11) is 0. The van der Waals surface area contributed by atoms with Gasteiger partial charge in [0.15, 0.2) is 11.6 Å². The van der Waals surface area contributed by atoms with Crippen molar-refractivity contribution in [3.63, 3.8) is 0 Å². The molecule has 0 saturated heterocycles. The standard InChI is InChI=1S/C15H18F4O.H2/c1-9-3-6-11(7-4-9)20-15(18,19)12-8-5-10(2)13(16)14(12)17;/h5,8-9,11H,3-4,6-7H2,1-2H3;1H. The van der Waals surface area contributed by atoms with Gasteiger partial charge in [-0.15, -0.1) is 0 Å². The molecule has 114 valence electrons. The Morgan fingerprint density at radius 2 is 1.70 bits per heavy atom. The quantitative estimate of drug-likeness (QED) is 0.699. The zero-order chi connectivity index (χ0) is 14.9. The Labute approximate surface area is 117 Å². The average molecular weight is 292 g/mol. The molecule has 1 fully saturated rings. The van der Waals surface area contributed by atoms with Crippen molar-refractivity contribution in [2.75, 3.05) is 0 Å². The molecule has 0 spiro atoms. The summed E-state index contributed by atoms with van der Waals surface area (Å²) in [6.45, 7) is 3.38. The molecule has 0 amide bonds. The zero-order valence-corrected chi connectivity index (χ0v) is 11.6. The van der Waals surface area contributed by atoms with E-state index in [1.54, 1.807) is 0 Å². The molecule has 0 radical (unpaired) electrons. The third-order valence-corrected chi connectivity index (χ3v) is 3.87. The summed E-state index contributed by atoms with van der Waals surface area (Å²) in [5.41, 5.74) is -1.03. The van der Waals surface area contributed by atoms with Crippen molar-refractivity contribution in [3.05, 3.63) is 34.9 Å². The van der Waals surface area contributed by atoms with Gasteiger partial charge in [-0.1, -0.05) is 13.0 Å². The minimum absolute atomic E-state index is 0. The van der Waals surface area contributed by atoms with Crippen molar-refractivity contribution >= 4 is 0 Å². The number of hydrogen-bond donors (Lipinski definition) is 0. The van der Waals surface area contributed by atoms with Gasteiger partial charge < -0.3 is 4.74 Å².